The molecule has 3 aromatic rings. The molecule has 3 rings (SSSR count). The average molecular weight is 470 g/mol. The number of ether oxygens (including phenoxy) is 2. The second-order valence-corrected chi connectivity index (χ2v) is 8.53. The van der Waals surface area contributed by atoms with Crippen molar-refractivity contribution in [2.45, 2.75) is 12.8 Å². The monoisotopic (exact) mass is 470 g/mol. The molecule has 0 saturated heterocycles. The molecule has 0 aliphatic rings. The van der Waals surface area contributed by atoms with Crippen molar-refractivity contribution in [2.75, 3.05) is 18.1 Å². The lowest BCUT2D eigenvalue weighted by Crippen LogP contribution is -2.11. The van der Waals surface area contributed by atoms with Crippen LogP contribution in [0.4, 0.5) is 23.2 Å². The maximum absolute atomic E-state index is 14.5. The molecule has 0 amide bonds. The van der Waals surface area contributed by atoms with Gasteiger partial charge in [0.25, 0.3) is 0 Å². The molecule has 170 valence electrons. The minimum atomic E-state index is -4.47. The van der Waals surface area contributed by atoms with Gasteiger partial charge in [0.2, 0.25) is 15.9 Å². The van der Waals surface area contributed by atoms with E-state index in [-0.39, 0.29) is 40.6 Å². The van der Waals surface area contributed by atoms with Crippen molar-refractivity contribution >= 4 is 15.7 Å². The first-order chi connectivity index (χ1) is 15.0. The fourth-order valence-electron chi connectivity index (χ4n) is 2.85. The van der Waals surface area contributed by atoms with Crippen molar-refractivity contribution in [3.8, 4) is 22.8 Å². The Balaban J connectivity index is 1.87. The van der Waals surface area contributed by atoms with E-state index in [1.54, 1.807) is 0 Å². The Labute approximate surface area is 181 Å². The van der Waals surface area contributed by atoms with Crippen LogP contribution in [-0.4, -0.2) is 26.8 Å². The van der Waals surface area contributed by atoms with Gasteiger partial charge in [0, 0.05) is 17.3 Å². The molecule has 0 saturated carbocycles. The van der Waals surface area contributed by atoms with Crippen LogP contribution in [0.15, 0.2) is 54.7 Å². The second kappa shape index (κ2) is 9.03. The van der Waals surface area contributed by atoms with E-state index in [0.717, 1.165) is 24.5 Å². The Morgan fingerprint density at radius 3 is 2.50 bits per heavy atom. The van der Waals surface area contributed by atoms with Gasteiger partial charge in [-0.2, -0.15) is 13.2 Å². The summed E-state index contributed by atoms with van der Waals surface area (Å²) in [6.07, 6.45) is -2.23. The summed E-state index contributed by atoms with van der Waals surface area (Å²) in [5.74, 6) is -0.433. The summed E-state index contributed by atoms with van der Waals surface area (Å²) in [6, 6.07) is 9.84. The van der Waals surface area contributed by atoms with Gasteiger partial charge in [-0.25, -0.2) is 17.8 Å². The normalized spacial score (nSPS) is 11.8. The summed E-state index contributed by atoms with van der Waals surface area (Å²) >= 11 is 0. The van der Waals surface area contributed by atoms with Crippen LogP contribution in [0.1, 0.15) is 11.1 Å². The fourth-order valence-corrected chi connectivity index (χ4v) is 3.40. The highest BCUT2D eigenvalue weighted by molar-refractivity contribution is 7.92. The molecule has 0 radical (unpaired) electrons. The first-order valence-electron chi connectivity index (χ1n) is 9.07. The molecular weight excluding hydrogens is 452 g/mol. The number of halogens is 4. The number of pyridine rings is 1. The molecule has 2 aromatic carbocycles. The number of rotatable bonds is 7. The van der Waals surface area contributed by atoms with Crippen LogP contribution in [0.5, 0.6) is 11.6 Å². The number of methoxy groups -OCH3 is 1. The van der Waals surface area contributed by atoms with Gasteiger partial charge in [-0.3, -0.25) is 4.72 Å². The number of benzene rings is 2. The highest BCUT2D eigenvalue weighted by Crippen LogP contribution is 2.33. The van der Waals surface area contributed by atoms with Gasteiger partial charge in [0.15, 0.2) is 0 Å². The summed E-state index contributed by atoms with van der Waals surface area (Å²) in [6.45, 7) is -0.170. The minimum absolute atomic E-state index is 0.00321. The number of aromatic nitrogens is 1. The predicted molar refractivity (Wildman–Crippen MR) is 110 cm³/mol. The summed E-state index contributed by atoms with van der Waals surface area (Å²) in [7, 11) is -2.35. The van der Waals surface area contributed by atoms with Crippen LogP contribution in [0, 0.1) is 5.82 Å². The van der Waals surface area contributed by atoms with E-state index < -0.39 is 27.6 Å². The molecule has 0 spiro atoms. The van der Waals surface area contributed by atoms with Crippen LogP contribution in [0.2, 0.25) is 0 Å². The topological polar surface area (TPSA) is 77.5 Å². The average Bonchev–Trinajstić information content (AvgIpc) is 2.71. The fraction of sp³-hybridized carbons (Fsp3) is 0.190. The van der Waals surface area contributed by atoms with Gasteiger partial charge in [0.05, 0.1) is 18.9 Å². The molecule has 0 fully saturated rings. The third kappa shape index (κ3) is 5.88. The van der Waals surface area contributed by atoms with Crippen molar-refractivity contribution < 1.29 is 35.5 Å². The second-order valence-electron chi connectivity index (χ2n) is 6.78. The molecule has 0 unspecified atom stereocenters. The quantitative estimate of drug-likeness (QED) is 0.499. The Hall–Kier alpha value is -3.34. The third-order valence-electron chi connectivity index (χ3n) is 4.25. The molecule has 0 bridgehead atoms. The van der Waals surface area contributed by atoms with Gasteiger partial charge >= 0.3 is 6.18 Å². The zero-order valence-electron chi connectivity index (χ0n) is 16.9. The number of nitrogens with one attached hydrogen (secondary N) is 1. The van der Waals surface area contributed by atoms with Crippen LogP contribution >= 0.6 is 0 Å². The number of hydrogen-bond acceptors (Lipinski definition) is 5. The number of hydrogen-bond donors (Lipinski definition) is 1. The molecule has 1 aromatic heterocycles. The lowest BCUT2D eigenvalue weighted by molar-refractivity contribution is -0.137. The van der Waals surface area contributed by atoms with Crippen LogP contribution < -0.4 is 14.2 Å². The van der Waals surface area contributed by atoms with Crippen LogP contribution in [-0.2, 0) is 22.8 Å². The van der Waals surface area contributed by atoms with Gasteiger partial charge in [-0.1, -0.05) is 12.1 Å². The number of nitrogens with zero attached hydrogens (tertiary/aromatic N) is 1. The van der Waals surface area contributed by atoms with Crippen molar-refractivity contribution in [3.05, 3.63) is 71.7 Å². The van der Waals surface area contributed by atoms with Crippen molar-refractivity contribution in [3.63, 3.8) is 0 Å². The lowest BCUT2D eigenvalue weighted by atomic mass is 10.1. The largest absolute Gasteiger partial charge is 0.489 e. The van der Waals surface area contributed by atoms with Gasteiger partial charge in [-0.05, 0) is 42.0 Å². The maximum atomic E-state index is 14.5. The number of anilines is 1. The van der Waals surface area contributed by atoms with E-state index in [1.807, 2.05) is 0 Å². The molecule has 32 heavy (non-hydrogen) atoms. The Morgan fingerprint density at radius 1 is 1.09 bits per heavy atom. The Morgan fingerprint density at radius 2 is 1.84 bits per heavy atom. The van der Waals surface area contributed by atoms with Crippen molar-refractivity contribution in [2.24, 2.45) is 0 Å². The van der Waals surface area contributed by atoms with E-state index in [9.17, 15) is 26.0 Å². The van der Waals surface area contributed by atoms with Crippen molar-refractivity contribution in [1.29, 1.82) is 0 Å². The summed E-state index contributed by atoms with van der Waals surface area (Å²) < 4.78 is 89.1. The number of sulfonamides is 1. The van der Waals surface area contributed by atoms with E-state index in [2.05, 4.69) is 9.71 Å². The van der Waals surface area contributed by atoms with Crippen molar-refractivity contribution in [1.82, 2.24) is 4.98 Å². The predicted octanol–water partition coefficient (Wildman–Crippen LogP) is 4.87. The highest BCUT2D eigenvalue weighted by atomic mass is 32.2. The van der Waals surface area contributed by atoms with E-state index in [4.69, 9.17) is 9.47 Å². The molecule has 6 nitrogen and oxygen atoms in total. The first kappa shape index (κ1) is 23.3. The summed E-state index contributed by atoms with van der Waals surface area (Å²) in [5.41, 5.74) is -0.204. The molecule has 1 N–H and O–H groups in total. The van der Waals surface area contributed by atoms with E-state index in [0.29, 0.717) is 0 Å². The Bertz CT molecular complexity index is 1230. The standard InChI is InChI=1S/C21H18F4N2O4S/c1-30-20-19(27-32(2,28)29)9-14(11-26-20)17-10-16(6-7-18(17)22)31-12-13-4-3-5-15(8-13)21(23,24)25/h3-11,27H,12H2,1-2H3. The molecule has 0 aliphatic heterocycles. The zero-order valence-corrected chi connectivity index (χ0v) is 17.7. The molecule has 1 heterocycles. The summed E-state index contributed by atoms with van der Waals surface area (Å²) in [5, 5.41) is 0. The zero-order chi connectivity index (χ0) is 23.5. The van der Waals surface area contributed by atoms with Gasteiger partial charge in [0.1, 0.15) is 23.9 Å². The summed E-state index contributed by atoms with van der Waals surface area (Å²) in [4.78, 5) is 3.99. The highest BCUT2D eigenvalue weighted by Gasteiger charge is 2.30. The lowest BCUT2D eigenvalue weighted by Gasteiger charge is -2.13. The first-order valence-corrected chi connectivity index (χ1v) is 11.0. The van der Waals surface area contributed by atoms with E-state index >= 15 is 0 Å². The number of alkyl halides is 3. The SMILES string of the molecule is COc1ncc(-c2cc(OCc3cccc(C(F)(F)F)c3)ccc2F)cc1NS(C)(=O)=O. The maximum Gasteiger partial charge on any atom is 0.416 e. The molecule has 11 heteroatoms. The molecular formula is C21H18F4N2O4S. The van der Waals surface area contributed by atoms with Gasteiger partial charge < -0.3 is 9.47 Å². The van der Waals surface area contributed by atoms with Crippen LogP contribution in [0.3, 0.4) is 0 Å². The van der Waals surface area contributed by atoms with Gasteiger partial charge in [-0.15, -0.1) is 0 Å². The smallest absolute Gasteiger partial charge is 0.416 e. The Kier molecular flexibility index (Phi) is 6.58. The van der Waals surface area contributed by atoms with E-state index in [1.165, 1.54) is 43.6 Å². The third-order valence-corrected chi connectivity index (χ3v) is 4.84. The minimum Gasteiger partial charge on any atom is -0.489 e. The molecule has 0 atom stereocenters. The van der Waals surface area contributed by atoms with Crippen LogP contribution in [0.25, 0.3) is 11.1 Å². The molecule has 0 aliphatic carbocycles.